The average molecular weight is 355 g/mol. The van der Waals surface area contributed by atoms with Gasteiger partial charge in [0.05, 0.1) is 0 Å². The van der Waals surface area contributed by atoms with E-state index in [0.29, 0.717) is 0 Å². The van der Waals surface area contributed by atoms with E-state index in [-0.39, 0.29) is 0 Å². The highest BCUT2D eigenvalue weighted by atomic mass is 14.4. The Morgan fingerprint density at radius 3 is 1.88 bits per heavy atom. The third-order valence-electron chi connectivity index (χ3n) is 7.54. The molecule has 0 radical (unpaired) electrons. The van der Waals surface area contributed by atoms with E-state index in [4.69, 9.17) is 0 Å². The third kappa shape index (κ3) is 5.61. The molecule has 1 aromatic rings. The van der Waals surface area contributed by atoms with Gasteiger partial charge in [0.15, 0.2) is 0 Å². The molecule has 146 valence electrons. The highest BCUT2D eigenvalue weighted by Crippen LogP contribution is 2.44. The molecule has 1 aromatic carbocycles. The minimum atomic E-state index is 0.840. The standard InChI is InChI=1S/C26H42/c1-3-5-6-8-22-11-15-24(16-12-22)26-19-17-25(18-20-26)23-13-9-21(7-4-2)10-14-23/h9-10,13-14,22,24-26H,3-8,11-12,15-20H2,1-2H3/t22-,24-,25-,26-. The average Bonchev–Trinajstić information content (AvgIpc) is 2.70. The van der Waals surface area contributed by atoms with Gasteiger partial charge in [0.1, 0.15) is 0 Å². The molecule has 0 heterocycles. The maximum Gasteiger partial charge on any atom is -0.0162 e. The molecule has 2 fully saturated rings. The summed E-state index contributed by atoms with van der Waals surface area (Å²) in [6.45, 7) is 4.60. The lowest BCUT2D eigenvalue weighted by atomic mass is 9.68. The quantitative estimate of drug-likeness (QED) is 0.412. The first-order chi connectivity index (χ1) is 12.8. The Hall–Kier alpha value is -0.780. The van der Waals surface area contributed by atoms with Crippen LogP contribution in [0.2, 0.25) is 0 Å². The molecule has 2 aliphatic rings. The number of hydrogen-bond donors (Lipinski definition) is 0. The topological polar surface area (TPSA) is 0 Å². The molecule has 0 amide bonds. The zero-order valence-electron chi connectivity index (χ0n) is 17.5. The Kier molecular flexibility index (Phi) is 8.08. The van der Waals surface area contributed by atoms with Crippen molar-refractivity contribution in [3.05, 3.63) is 35.4 Å². The molecule has 0 nitrogen and oxygen atoms in total. The monoisotopic (exact) mass is 354 g/mol. The molecule has 2 saturated carbocycles. The van der Waals surface area contributed by atoms with Crippen molar-refractivity contribution in [3.8, 4) is 0 Å². The van der Waals surface area contributed by atoms with Gasteiger partial charge in [-0.1, -0.05) is 83.1 Å². The van der Waals surface area contributed by atoms with Crippen molar-refractivity contribution in [1.29, 1.82) is 0 Å². The summed E-state index contributed by atoms with van der Waals surface area (Å²) in [7, 11) is 0. The van der Waals surface area contributed by atoms with Crippen molar-refractivity contribution in [2.24, 2.45) is 17.8 Å². The van der Waals surface area contributed by atoms with E-state index in [0.717, 1.165) is 23.7 Å². The van der Waals surface area contributed by atoms with Crippen LogP contribution in [0.15, 0.2) is 24.3 Å². The highest BCUT2D eigenvalue weighted by molar-refractivity contribution is 5.26. The van der Waals surface area contributed by atoms with Crippen molar-refractivity contribution in [2.75, 3.05) is 0 Å². The van der Waals surface area contributed by atoms with E-state index in [1.807, 2.05) is 0 Å². The molecule has 0 bridgehead atoms. The number of rotatable bonds is 8. The first kappa shape index (κ1) is 20.0. The van der Waals surface area contributed by atoms with Crippen LogP contribution < -0.4 is 0 Å². The molecular formula is C26H42. The maximum absolute atomic E-state index is 2.43. The maximum atomic E-state index is 2.43. The molecule has 0 aromatic heterocycles. The summed E-state index contributed by atoms with van der Waals surface area (Å²) in [5, 5.41) is 0. The van der Waals surface area contributed by atoms with E-state index < -0.39 is 0 Å². The first-order valence-corrected chi connectivity index (χ1v) is 11.9. The molecule has 26 heavy (non-hydrogen) atoms. The zero-order valence-corrected chi connectivity index (χ0v) is 17.5. The fraction of sp³-hybridized carbons (Fsp3) is 0.769. The summed E-state index contributed by atoms with van der Waals surface area (Å²) in [4.78, 5) is 0. The predicted molar refractivity (Wildman–Crippen MR) is 115 cm³/mol. The van der Waals surface area contributed by atoms with Crippen molar-refractivity contribution in [3.63, 3.8) is 0 Å². The van der Waals surface area contributed by atoms with E-state index in [1.165, 1.54) is 95.5 Å². The van der Waals surface area contributed by atoms with Crippen molar-refractivity contribution < 1.29 is 0 Å². The van der Waals surface area contributed by atoms with Gasteiger partial charge in [-0.05, 0) is 79.7 Å². The van der Waals surface area contributed by atoms with Crippen LogP contribution in [0.4, 0.5) is 0 Å². The van der Waals surface area contributed by atoms with Gasteiger partial charge in [-0.25, -0.2) is 0 Å². The van der Waals surface area contributed by atoms with E-state index in [1.54, 1.807) is 5.56 Å². The number of benzene rings is 1. The van der Waals surface area contributed by atoms with Crippen molar-refractivity contribution >= 4 is 0 Å². The number of unbranched alkanes of at least 4 members (excludes halogenated alkanes) is 2. The lowest BCUT2D eigenvalue weighted by molar-refractivity contribution is 0.155. The van der Waals surface area contributed by atoms with Gasteiger partial charge in [0, 0.05) is 0 Å². The summed E-state index contributed by atoms with van der Waals surface area (Å²) >= 11 is 0. The van der Waals surface area contributed by atoms with Crippen molar-refractivity contribution in [2.45, 2.75) is 110 Å². The second-order valence-electron chi connectivity index (χ2n) is 9.38. The molecule has 0 saturated heterocycles. The Bertz CT molecular complexity index is 483. The lowest BCUT2D eigenvalue weighted by Gasteiger charge is -2.38. The van der Waals surface area contributed by atoms with Crippen LogP contribution in [0.5, 0.6) is 0 Å². The molecule has 0 heteroatoms. The summed E-state index contributed by atoms with van der Waals surface area (Å²) < 4.78 is 0. The van der Waals surface area contributed by atoms with Crippen LogP contribution in [0.1, 0.15) is 114 Å². The fourth-order valence-corrected chi connectivity index (χ4v) is 5.80. The summed E-state index contributed by atoms with van der Waals surface area (Å²) in [5.74, 6) is 4.01. The third-order valence-corrected chi connectivity index (χ3v) is 7.54. The van der Waals surface area contributed by atoms with E-state index in [9.17, 15) is 0 Å². The van der Waals surface area contributed by atoms with Crippen LogP contribution in [0.25, 0.3) is 0 Å². The lowest BCUT2D eigenvalue weighted by Crippen LogP contribution is -2.25. The van der Waals surface area contributed by atoms with Gasteiger partial charge < -0.3 is 0 Å². The van der Waals surface area contributed by atoms with Crippen LogP contribution >= 0.6 is 0 Å². The van der Waals surface area contributed by atoms with Crippen LogP contribution in [-0.2, 0) is 6.42 Å². The molecular weight excluding hydrogens is 312 g/mol. The Morgan fingerprint density at radius 1 is 0.692 bits per heavy atom. The smallest absolute Gasteiger partial charge is 0.0162 e. The van der Waals surface area contributed by atoms with Crippen molar-refractivity contribution in [1.82, 2.24) is 0 Å². The Balaban J connectivity index is 1.40. The molecule has 0 unspecified atom stereocenters. The molecule has 0 atom stereocenters. The van der Waals surface area contributed by atoms with E-state index in [2.05, 4.69) is 38.1 Å². The Labute approximate surface area is 163 Å². The van der Waals surface area contributed by atoms with Gasteiger partial charge in [-0.3, -0.25) is 0 Å². The predicted octanol–water partition coefficient (Wildman–Crippen LogP) is 8.30. The van der Waals surface area contributed by atoms with Crippen LogP contribution in [0, 0.1) is 17.8 Å². The molecule has 0 aliphatic heterocycles. The highest BCUT2D eigenvalue weighted by Gasteiger charge is 2.31. The summed E-state index contributed by atoms with van der Waals surface area (Å²) in [6, 6.07) is 9.62. The SMILES string of the molecule is CCCCC[C@H]1CC[C@H]([C@H]2CC[C@H](c3ccc(CCC)cc3)CC2)CC1. The number of aryl methyl sites for hydroxylation is 1. The van der Waals surface area contributed by atoms with Gasteiger partial charge in [0.2, 0.25) is 0 Å². The van der Waals surface area contributed by atoms with E-state index >= 15 is 0 Å². The number of hydrogen-bond acceptors (Lipinski definition) is 0. The van der Waals surface area contributed by atoms with Crippen LogP contribution in [0.3, 0.4) is 0 Å². The fourth-order valence-electron chi connectivity index (χ4n) is 5.80. The summed E-state index contributed by atoms with van der Waals surface area (Å²) in [5.41, 5.74) is 3.13. The first-order valence-electron chi connectivity index (χ1n) is 11.9. The van der Waals surface area contributed by atoms with Gasteiger partial charge in [0.25, 0.3) is 0 Å². The summed E-state index contributed by atoms with van der Waals surface area (Å²) in [6.07, 6.45) is 20.3. The molecule has 3 rings (SSSR count). The second-order valence-corrected chi connectivity index (χ2v) is 9.38. The Morgan fingerprint density at radius 2 is 1.31 bits per heavy atom. The minimum absolute atomic E-state index is 0.840. The molecule has 2 aliphatic carbocycles. The largest absolute Gasteiger partial charge is 0.0654 e. The van der Waals surface area contributed by atoms with Gasteiger partial charge >= 0.3 is 0 Å². The molecule has 0 spiro atoms. The van der Waals surface area contributed by atoms with Gasteiger partial charge in [-0.15, -0.1) is 0 Å². The van der Waals surface area contributed by atoms with Crippen LogP contribution in [-0.4, -0.2) is 0 Å². The minimum Gasteiger partial charge on any atom is -0.0654 e. The zero-order chi connectivity index (χ0) is 18.2. The second kappa shape index (κ2) is 10.5. The normalized spacial score (nSPS) is 29.6. The molecule has 0 N–H and O–H groups in total. The van der Waals surface area contributed by atoms with Gasteiger partial charge in [-0.2, -0.15) is 0 Å².